The van der Waals surface area contributed by atoms with Gasteiger partial charge in [-0.3, -0.25) is 0 Å². The number of rotatable bonds is 5. The molecule has 0 saturated carbocycles. The van der Waals surface area contributed by atoms with Crippen LogP contribution < -0.4 is 4.74 Å². The van der Waals surface area contributed by atoms with Crippen LogP contribution in [0.4, 0.5) is 13.2 Å². The normalized spacial score (nSPS) is 12.0. The summed E-state index contributed by atoms with van der Waals surface area (Å²) in [6.45, 7) is 0. The van der Waals surface area contributed by atoms with Crippen LogP contribution in [0, 0.1) is 0 Å². The zero-order valence-corrected chi connectivity index (χ0v) is 13.7. The van der Waals surface area contributed by atoms with Gasteiger partial charge in [-0.1, -0.05) is 12.1 Å². The van der Waals surface area contributed by atoms with E-state index in [1.165, 1.54) is 19.2 Å². The number of ether oxygens (including phenoxy) is 1. The number of benzene rings is 2. The number of hydrogen-bond acceptors (Lipinski definition) is 4. The molecule has 0 atom stereocenters. The van der Waals surface area contributed by atoms with Gasteiger partial charge in [0, 0.05) is 0 Å². The van der Waals surface area contributed by atoms with E-state index in [4.69, 9.17) is 9.84 Å². The number of carbonyl (C=O) groups is 1. The number of carboxylic acid groups (broad SMARTS) is 1. The highest BCUT2D eigenvalue weighted by Crippen LogP contribution is 2.32. The second-order valence-electron chi connectivity index (χ2n) is 5.12. The maximum Gasteiger partial charge on any atom is 0.416 e. The van der Waals surface area contributed by atoms with Gasteiger partial charge in [0.2, 0.25) is 0 Å². The van der Waals surface area contributed by atoms with Crippen LogP contribution in [0.5, 0.6) is 5.75 Å². The number of hydrogen-bond donors (Lipinski definition) is 1. The molecule has 0 spiro atoms. The van der Waals surface area contributed by atoms with Gasteiger partial charge < -0.3 is 9.84 Å². The molecule has 0 heterocycles. The van der Waals surface area contributed by atoms with Crippen molar-refractivity contribution >= 4 is 15.8 Å². The Kier molecular flexibility index (Phi) is 5.07. The maximum atomic E-state index is 12.7. The minimum absolute atomic E-state index is 0.315. The fraction of sp³-hybridized carbons (Fsp3) is 0.188. The van der Waals surface area contributed by atoms with E-state index in [1.54, 1.807) is 12.1 Å². The van der Waals surface area contributed by atoms with Crippen LogP contribution >= 0.6 is 0 Å². The Labute approximate surface area is 141 Å². The zero-order valence-electron chi connectivity index (χ0n) is 12.9. The standard InChI is InChI=1S/C16H13F3O5S/c1-24-12-4-2-3-10(7-12)9-25(22,23)14-6-5-11(16(17,18)19)8-13(14)15(20)21/h2-8H,9H2,1H3,(H,20,21). The molecule has 9 heteroatoms. The van der Waals surface area contributed by atoms with E-state index in [0.717, 1.165) is 0 Å². The predicted molar refractivity (Wildman–Crippen MR) is 82.3 cm³/mol. The van der Waals surface area contributed by atoms with Gasteiger partial charge in [0.15, 0.2) is 9.84 Å². The summed E-state index contributed by atoms with van der Waals surface area (Å²) in [4.78, 5) is 10.6. The molecule has 0 unspecified atom stereocenters. The SMILES string of the molecule is COc1cccc(CS(=O)(=O)c2ccc(C(F)(F)F)cc2C(=O)O)c1. The van der Waals surface area contributed by atoms with Gasteiger partial charge in [0.25, 0.3) is 0 Å². The molecule has 2 rings (SSSR count). The van der Waals surface area contributed by atoms with Crippen molar-refractivity contribution in [2.24, 2.45) is 0 Å². The van der Waals surface area contributed by atoms with Crippen molar-refractivity contribution in [1.82, 2.24) is 0 Å². The van der Waals surface area contributed by atoms with Crippen LogP contribution in [0.25, 0.3) is 0 Å². The maximum absolute atomic E-state index is 12.7. The van der Waals surface area contributed by atoms with Gasteiger partial charge in [0.1, 0.15) is 5.75 Å². The van der Waals surface area contributed by atoms with E-state index in [0.29, 0.717) is 29.5 Å². The Hall–Kier alpha value is -2.55. The minimum atomic E-state index is -4.78. The highest BCUT2D eigenvalue weighted by Gasteiger charge is 2.33. The van der Waals surface area contributed by atoms with Gasteiger partial charge >= 0.3 is 12.1 Å². The first-order valence-corrected chi connectivity index (χ1v) is 8.50. The number of methoxy groups -OCH3 is 1. The molecular formula is C16H13F3O5S. The highest BCUT2D eigenvalue weighted by atomic mass is 32.2. The van der Waals surface area contributed by atoms with Crippen molar-refractivity contribution in [3.8, 4) is 5.75 Å². The van der Waals surface area contributed by atoms with E-state index in [-0.39, 0.29) is 0 Å². The number of aromatic carboxylic acids is 1. The topological polar surface area (TPSA) is 80.7 Å². The first-order valence-electron chi connectivity index (χ1n) is 6.85. The fourth-order valence-corrected chi connectivity index (χ4v) is 3.73. The first kappa shape index (κ1) is 18.8. The van der Waals surface area contributed by atoms with Crippen molar-refractivity contribution in [2.75, 3.05) is 7.11 Å². The van der Waals surface area contributed by atoms with Crippen molar-refractivity contribution in [3.63, 3.8) is 0 Å². The lowest BCUT2D eigenvalue weighted by molar-refractivity contribution is -0.137. The van der Waals surface area contributed by atoms with Gasteiger partial charge in [-0.2, -0.15) is 13.2 Å². The molecule has 0 aliphatic rings. The van der Waals surface area contributed by atoms with E-state index in [2.05, 4.69) is 0 Å². The summed E-state index contributed by atoms with van der Waals surface area (Å²) in [6.07, 6.45) is -4.78. The molecule has 1 N–H and O–H groups in total. The molecule has 0 aliphatic heterocycles. The smallest absolute Gasteiger partial charge is 0.416 e. The Morgan fingerprint density at radius 2 is 1.84 bits per heavy atom. The summed E-state index contributed by atoms with van der Waals surface area (Å²) in [6, 6.07) is 7.62. The van der Waals surface area contributed by atoms with Crippen molar-refractivity contribution < 1.29 is 36.2 Å². The molecule has 2 aromatic rings. The first-order chi connectivity index (χ1) is 11.5. The Morgan fingerprint density at radius 3 is 2.40 bits per heavy atom. The number of sulfone groups is 1. The Balaban J connectivity index is 2.49. The van der Waals surface area contributed by atoms with Crippen LogP contribution in [-0.4, -0.2) is 26.6 Å². The monoisotopic (exact) mass is 374 g/mol. The Morgan fingerprint density at radius 1 is 1.16 bits per heavy atom. The van der Waals surface area contributed by atoms with E-state index in [1.807, 2.05) is 0 Å². The molecule has 25 heavy (non-hydrogen) atoms. The third-order valence-corrected chi connectivity index (χ3v) is 5.10. The molecule has 134 valence electrons. The molecule has 0 radical (unpaired) electrons. The average molecular weight is 374 g/mol. The van der Waals surface area contributed by atoms with E-state index >= 15 is 0 Å². The van der Waals surface area contributed by atoms with Gasteiger partial charge in [-0.15, -0.1) is 0 Å². The molecule has 0 fully saturated rings. The molecule has 0 aromatic heterocycles. The summed E-state index contributed by atoms with van der Waals surface area (Å²) >= 11 is 0. The van der Waals surface area contributed by atoms with Crippen molar-refractivity contribution in [3.05, 3.63) is 59.2 Å². The molecular weight excluding hydrogens is 361 g/mol. The van der Waals surface area contributed by atoms with Gasteiger partial charge in [-0.25, -0.2) is 13.2 Å². The second kappa shape index (κ2) is 6.75. The zero-order chi connectivity index (χ0) is 18.8. The lowest BCUT2D eigenvalue weighted by atomic mass is 10.1. The fourth-order valence-electron chi connectivity index (χ4n) is 2.20. The van der Waals surface area contributed by atoms with Crippen LogP contribution in [0.3, 0.4) is 0 Å². The lowest BCUT2D eigenvalue weighted by Crippen LogP contribution is -2.14. The van der Waals surface area contributed by atoms with Crippen molar-refractivity contribution in [2.45, 2.75) is 16.8 Å². The quantitative estimate of drug-likeness (QED) is 0.868. The molecule has 0 amide bonds. The number of halogens is 3. The van der Waals surface area contributed by atoms with Crippen molar-refractivity contribution in [1.29, 1.82) is 0 Å². The summed E-state index contributed by atoms with van der Waals surface area (Å²) in [7, 11) is -2.79. The van der Waals surface area contributed by atoms with Crippen LogP contribution in [0.1, 0.15) is 21.5 Å². The summed E-state index contributed by atoms with van der Waals surface area (Å²) in [5.41, 5.74) is -1.83. The van der Waals surface area contributed by atoms with Crippen LogP contribution in [0.15, 0.2) is 47.4 Å². The highest BCUT2D eigenvalue weighted by molar-refractivity contribution is 7.90. The molecule has 2 aromatic carbocycles. The number of alkyl halides is 3. The second-order valence-corrected chi connectivity index (χ2v) is 7.08. The molecule has 5 nitrogen and oxygen atoms in total. The molecule has 0 bridgehead atoms. The largest absolute Gasteiger partial charge is 0.497 e. The lowest BCUT2D eigenvalue weighted by Gasteiger charge is -2.12. The predicted octanol–water partition coefficient (Wildman–Crippen LogP) is 3.39. The van der Waals surface area contributed by atoms with Gasteiger partial charge in [0.05, 0.1) is 28.9 Å². The van der Waals surface area contributed by atoms with Gasteiger partial charge in [-0.05, 0) is 35.9 Å². The summed E-state index contributed by atoms with van der Waals surface area (Å²) < 4.78 is 68.2. The molecule has 0 aliphatic carbocycles. The summed E-state index contributed by atoms with van der Waals surface area (Å²) in [5, 5.41) is 9.12. The van der Waals surface area contributed by atoms with Crippen LogP contribution in [-0.2, 0) is 21.8 Å². The van der Waals surface area contributed by atoms with E-state index in [9.17, 15) is 26.4 Å². The average Bonchev–Trinajstić information content (AvgIpc) is 2.53. The number of carboxylic acids is 1. The Bertz CT molecular complexity index is 904. The summed E-state index contributed by atoms with van der Waals surface area (Å²) in [5.74, 6) is -1.93. The van der Waals surface area contributed by atoms with E-state index < -0.39 is 43.8 Å². The molecule has 0 saturated heterocycles. The van der Waals surface area contributed by atoms with Crippen LogP contribution in [0.2, 0.25) is 0 Å². The third kappa shape index (κ3) is 4.30. The minimum Gasteiger partial charge on any atom is -0.497 e. The third-order valence-electron chi connectivity index (χ3n) is 3.36.